The minimum Gasteiger partial charge on any atom is -0.506 e. The van der Waals surface area contributed by atoms with Crippen molar-refractivity contribution >= 4 is 22.4 Å². The molecule has 1 saturated heterocycles. The monoisotopic (exact) mass is 373 g/mol. The van der Waals surface area contributed by atoms with Crippen molar-refractivity contribution in [3.63, 3.8) is 0 Å². The Morgan fingerprint density at radius 2 is 1.68 bits per heavy atom. The highest BCUT2D eigenvalue weighted by Crippen LogP contribution is 2.28. The summed E-state index contributed by atoms with van der Waals surface area (Å²) in [4.78, 5) is 12.7. The van der Waals surface area contributed by atoms with Gasteiger partial charge >= 0.3 is 0 Å². The number of carbonyl (C=O) groups excluding carboxylic acids is 1. The van der Waals surface area contributed by atoms with Crippen LogP contribution in [0.3, 0.4) is 0 Å². The molecule has 1 heterocycles. The molecule has 0 atom stereocenters. The molecular formula is C23H23N3O2. The second kappa shape index (κ2) is 8.23. The van der Waals surface area contributed by atoms with Crippen LogP contribution in [-0.4, -0.2) is 29.8 Å². The smallest absolute Gasteiger partial charge is 0.275 e. The molecule has 1 aliphatic rings. The lowest BCUT2D eigenvalue weighted by Crippen LogP contribution is -2.33. The summed E-state index contributed by atoms with van der Waals surface area (Å²) in [7, 11) is 0. The highest BCUT2D eigenvalue weighted by molar-refractivity contribution is 6.06. The van der Waals surface area contributed by atoms with Crippen molar-refractivity contribution in [2.45, 2.75) is 12.8 Å². The first-order chi connectivity index (χ1) is 13.7. The fourth-order valence-electron chi connectivity index (χ4n) is 3.71. The number of nitrogens with zero attached hydrogens (tertiary/aromatic N) is 1. The van der Waals surface area contributed by atoms with Gasteiger partial charge < -0.3 is 10.4 Å². The van der Waals surface area contributed by atoms with Crippen LogP contribution in [0.25, 0.3) is 10.8 Å². The van der Waals surface area contributed by atoms with Crippen LogP contribution in [0.4, 0.5) is 0 Å². The average Bonchev–Trinajstić information content (AvgIpc) is 2.76. The minimum atomic E-state index is -0.411. The number of hydrogen-bond acceptors (Lipinski definition) is 4. The van der Waals surface area contributed by atoms with Crippen molar-refractivity contribution in [2.24, 2.45) is 11.0 Å². The van der Waals surface area contributed by atoms with Gasteiger partial charge in [-0.15, -0.1) is 0 Å². The van der Waals surface area contributed by atoms with Gasteiger partial charge in [-0.05, 0) is 42.9 Å². The second-order valence-electron chi connectivity index (χ2n) is 7.01. The number of benzene rings is 3. The normalized spacial score (nSPS) is 15.5. The molecular weight excluding hydrogens is 350 g/mol. The van der Waals surface area contributed by atoms with Crippen LogP contribution in [0.15, 0.2) is 71.8 Å². The number of hydrogen-bond donors (Lipinski definition) is 3. The summed E-state index contributed by atoms with van der Waals surface area (Å²) in [6.07, 6.45) is 1.95. The van der Waals surface area contributed by atoms with E-state index in [1.165, 1.54) is 0 Å². The molecule has 5 nitrogen and oxygen atoms in total. The number of amides is 1. The summed E-state index contributed by atoms with van der Waals surface area (Å²) >= 11 is 0. The van der Waals surface area contributed by atoms with E-state index < -0.39 is 5.91 Å². The predicted octanol–water partition coefficient (Wildman–Crippen LogP) is 3.68. The molecule has 1 fully saturated rings. The zero-order chi connectivity index (χ0) is 19.3. The van der Waals surface area contributed by atoms with Crippen LogP contribution >= 0.6 is 0 Å². The maximum Gasteiger partial charge on any atom is 0.275 e. The number of fused-ring (bicyclic) bond motifs is 1. The van der Waals surface area contributed by atoms with Crippen LogP contribution in [0.5, 0.6) is 5.75 Å². The van der Waals surface area contributed by atoms with Crippen molar-refractivity contribution in [1.82, 2.24) is 10.7 Å². The quantitative estimate of drug-likeness (QED) is 0.482. The molecule has 0 aromatic heterocycles. The summed E-state index contributed by atoms with van der Waals surface area (Å²) in [6, 6.07) is 20.9. The first-order valence-electron chi connectivity index (χ1n) is 9.59. The predicted molar refractivity (Wildman–Crippen MR) is 112 cm³/mol. The van der Waals surface area contributed by atoms with Crippen LogP contribution in [0, 0.1) is 5.92 Å². The summed E-state index contributed by atoms with van der Waals surface area (Å²) in [5.74, 6) is -0.145. The third-order valence-corrected chi connectivity index (χ3v) is 5.22. The maximum atomic E-state index is 12.7. The van der Waals surface area contributed by atoms with E-state index in [-0.39, 0.29) is 17.2 Å². The average molecular weight is 373 g/mol. The summed E-state index contributed by atoms with van der Waals surface area (Å²) in [5.41, 5.74) is 4.79. The first kappa shape index (κ1) is 18.2. The third kappa shape index (κ3) is 3.75. The van der Waals surface area contributed by atoms with E-state index in [2.05, 4.69) is 15.8 Å². The van der Waals surface area contributed by atoms with Crippen molar-refractivity contribution in [2.75, 3.05) is 13.1 Å². The van der Waals surface area contributed by atoms with Gasteiger partial charge in [0.15, 0.2) is 0 Å². The number of hydrazone groups is 1. The van der Waals surface area contributed by atoms with Gasteiger partial charge in [0, 0.05) is 11.3 Å². The number of carbonyl (C=O) groups is 1. The van der Waals surface area contributed by atoms with Crippen LogP contribution < -0.4 is 10.7 Å². The van der Waals surface area contributed by atoms with Crippen LogP contribution in [0.1, 0.15) is 28.8 Å². The molecule has 3 aromatic rings. The zero-order valence-corrected chi connectivity index (χ0v) is 15.6. The highest BCUT2D eigenvalue weighted by Gasteiger charge is 2.21. The van der Waals surface area contributed by atoms with E-state index in [4.69, 9.17) is 0 Å². The van der Waals surface area contributed by atoms with Crippen LogP contribution in [-0.2, 0) is 0 Å². The van der Waals surface area contributed by atoms with Crippen LogP contribution in [0.2, 0.25) is 0 Å². The Hall–Kier alpha value is -3.18. The molecule has 0 aliphatic carbocycles. The van der Waals surface area contributed by atoms with Crippen molar-refractivity contribution in [3.05, 3.63) is 77.9 Å². The van der Waals surface area contributed by atoms with E-state index in [9.17, 15) is 9.90 Å². The molecule has 0 radical (unpaired) electrons. The molecule has 142 valence electrons. The number of rotatable bonds is 4. The SMILES string of the molecule is O=C(N/N=C(\c1ccccc1)C1CCNCC1)c1ccc2ccccc2c1O. The molecule has 0 unspecified atom stereocenters. The lowest BCUT2D eigenvalue weighted by molar-refractivity contribution is 0.0952. The Bertz CT molecular complexity index is 1010. The van der Waals surface area contributed by atoms with Gasteiger partial charge in [0.1, 0.15) is 5.75 Å². The Kier molecular flexibility index (Phi) is 5.35. The molecule has 1 aliphatic heterocycles. The minimum absolute atomic E-state index is 0.0195. The Balaban J connectivity index is 1.63. The molecule has 0 saturated carbocycles. The molecule has 3 aromatic carbocycles. The van der Waals surface area contributed by atoms with E-state index in [0.29, 0.717) is 5.39 Å². The van der Waals surface area contributed by atoms with Gasteiger partial charge in [-0.2, -0.15) is 5.10 Å². The van der Waals surface area contributed by atoms with Gasteiger partial charge in [0.25, 0.3) is 5.91 Å². The van der Waals surface area contributed by atoms with Gasteiger partial charge in [-0.1, -0.05) is 60.7 Å². The van der Waals surface area contributed by atoms with Gasteiger partial charge in [0.05, 0.1) is 11.3 Å². The maximum absolute atomic E-state index is 12.7. The Labute approximate surface area is 164 Å². The number of nitrogens with one attached hydrogen (secondary N) is 2. The summed E-state index contributed by atoms with van der Waals surface area (Å²) in [5, 5.41) is 19.9. The van der Waals surface area contributed by atoms with Crippen molar-refractivity contribution in [1.29, 1.82) is 0 Å². The van der Waals surface area contributed by atoms with Gasteiger partial charge in [-0.25, -0.2) is 5.43 Å². The topological polar surface area (TPSA) is 73.7 Å². The lowest BCUT2D eigenvalue weighted by Gasteiger charge is -2.24. The van der Waals surface area contributed by atoms with Gasteiger partial charge in [-0.3, -0.25) is 4.79 Å². The van der Waals surface area contributed by atoms with E-state index in [0.717, 1.165) is 42.6 Å². The van der Waals surface area contributed by atoms with Crippen molar-refractivity contribution in [3.8, 4) is 5.75 Å². The fraction of sp³-hybridized carbons (Fsp3) is 0.217. The number of phenolic OH excluding ortho intramolecular Hbond substituents is 1. The molecule has 0 bridgehead atoms. The van der Waals surface area contributed by atoms with E-state index in [1.54, 1.807) is 12.1 Å². The molecule has 3 N–H and O–H groups in total. The third-order valence-electron chi connectivity index (χ3n) is 5.22. The number of phenols is 1. The fourth-order valence-corrected chi connectivity index (χ4v) is 3.71. The standard InChI is InChI=1S/C23H23N3O2/c27-22-19-9-5-4-6-16(19)10-11-20(22)23(28)26-25-21(17-7-2-1-3-8-17)18-12-14-24-15-13-18/h1-11,18,24,27H,12-15H2,(H,26,28)/b25-21+. The van der Waals surface area contributed by atoms with E-state index >= 15 is 0 Å². The first-order valence-corrected chi connectivity index (χ1v) is 9.59. The molecule has 4 rings (SSSR count). The van der Waals surface area contributed by atoms with E-state index in [1.807, 2.05) is 54.6 Å². The molecule has 1 amide bonds. The highest BCUT2D eigenvalue weighted by atomic mass is 16.3. The molecule has 5 heteroatoms. The second-order valence-corrected chi connectivity index (χ2v) is 7.01. The van der Waals surface area contributed by atoms with Crippen molar-refractivity contribution < 1.29 is 9.90 Å². The molecule has 0 spiro atoms. The molecule has 28 heavy (non-hydrogen) atoms. The largest absolute Gasteiger partial charge is 0.506 e. The van der Waals surface area contributed by atoms with Gasteiger partial charge in [0.2, 0.25) is 0 Å². The lowest BCUT2D eigenvalue weighted by atomic mass is 9.89. The number of piperidine rings is 1. The Morgan fingerprint density at radius 3 is 2.46 bits per heavy atom. The zero-order valence-electron chi connectivity index (χ0n) is 15.6. The number of aromatic hydroxyl groups is 1. The Morgan fingerprint density at radius 1 is 0.964 bits per heavy atom. The summed E-state index contributed by atoms with van der Waals surface area (Å²) in [6.45, 7) is 1.88. The summed E-state index contributed by atoms with van der Waals surface area (Å²) < 4.78 is 0.